The number of amides is 1. The van der Waals surface area contributed by atoms with Gasteiger partial charge in [-0.15, -0.1) is 13.2 Å². The minimum Gasteiger partial charge on any atom is -0.383 e. The molecule has 1 heterocycles. The average Bonchev–Trinajstić information content (AvgIpc) is 2.51. The molecule has 2 fully saturated rings. The highest BCUT2D eigenvalue weighted by molar-refractivity contribution is 5.85. The summed E-state index contributed by atoms with van der Waals surface area (Å²) in [5, 5.41) is 9.48. The Kier molecular flexibility index (Phi) is 3.86. The van der Waals surface area contributed by atoms with Crippen molar-refractivity contribution in [2.45, 2.75) is 43.7 Å². The maximum Gasteiger partial charge on any atom is 0.251 e. The number of carbonyl (C=O) groups is 2. The van der Waals surface area contributed by atoms with Gasteiger partial charge in [-0.3, -0.25) is 9.59 Å². The van der Waals surface area contributed by atoms with E-state index in [0.717, 1.165) is 0 Å². The van der Waals surface area contributed by atoms with E-state index in [1.807, 2.05) is 0 Å². The van der Waals surface area contributed by atoms with E-state index in [4.69, 9.17) is 0 Å². The molecule has 4 heteroatoms. The maximum atomic E-state index is 11.5. The Morgan fingerprint density at radius 3 is 2.19 bits per heavy atom. The van der Waals surface area contributed by atoms with Crippen LogP contribution in [0, 0.1) is 0 Å². The van der Waals surface area contributed by atoms with Gasteiger partial charge in [0.1, 0.15) is 11.9 Å². The van der Waals surface area contributed by atoms with Gasteiger partial charge in [0.2, 0.25) is 0 Å². The first-order valence-electron chi connectivity index (χ1n) is 5.53. The van der Waals surface area contributed by atoms with E-state index in [2.05, 4.69) is 13.2 Å². The van der Waals surface area contributed by atoms with Crippen molar-refractivity contribution in [3.05, 3.63) is 13.2 Å². The number of hydrogen-bond donors (Lipinski definition) is 1. The lowest BCUT2D eigenvalue weighted by atomic mass is 9.79. The van der Waals surface area contributed by atoms with Crippen molar-refractivity contribution in [3.63, 3.8) is 0 Å². The summed E-state index contributed by atoms with van der Waals surface area (Å²) in [5.41, 5.74) is -0.232. The van der Waals surface area contributed by atoms with Crippen molar-refractivity contribution in [2.75, 3.05) is 7.05 Å². The van der Waals surface area contributed by atoms with E-state index in [1.165, 1.54) is 0 Å². The number of rotatable bonds is 0. The molecular formula is C12H19NO3. The van der Waals surface area contributed by atoms with Crippen molar-refractivity contribution in [1.29, 1.82) is 0 Å². The largest absolute Gasteiger partial charge is 0.383 e. The number of aliphatic hydroxyl groups excluding tert-OH is 1. The zero-order chi connectivity index (χ0) is 12.3. The Bertz CT molecular complexity index is 291. The van der Waals surface area contributed by atoms with Gasteiger partial charge in [0.15, 0.2) is 0 Å². The standard InChI is InChI=1S/C10H15NO3.C2H4/c1-11-9(14)8(13)6-10(11)4-2-7(12)3-5-10;1-2/h8,13H,2-6H2,1H3;1-2H2. The number of likely N-dealkylation sites (N-methyl/N-ethyl adjacent to an activating group) is 1. The minimum absolute atomic E-state index is 0.195. The van der Waals surface area contributed by atoms with Crippen molar-refractivity contribution in [2.24, 2.45) is 0 Å². The molecule has 0 bridgehead atoms. The molecule has 1 atom stereocenters. The second-order valence-corrected chi connectivity index (χ2v) is 4.38. The van der Waals surface area contributed by atoms with Gasteiger partial charge in [0.25, 0.3) is 5.91 Å². The fourth-order valence-corrected chi connectivity index (χ4v) is 2.58. The van der Waals surface area contributed by atoms with Crippen LogP contribution < -0.4 is 0 Å². The Labute approximate surface area is 95.9 Å². The Morgan fingerprint density at radius 1 is 1.31 bits per heavy atom. The smallest absolute Gasteiger partial charge is 0.251 e. The highest BCUT2D eigenvalue weighted by Gasteiger charge is 2.49. The van der Waals surface area contributed by atoms with E-state index in [1.54, 1.807) is 11.9 Å². The first-order valence-corrected chi connectivity index (χ1v) is 5.53. The van der Waals surface area contributed by atoms with Crippen molar-refractivity contribution in [3.8, 4) is 0 Å². The van der Waals surface area contributed by atoms with E-state index in [9.17, 15) is 14.7 Å². The van der Waals surface area contributed by atoms with Gasteiger partial charge in [-0.1, -0.05) is 0 Å². The minimum atomic E-state index is -0.854. The second-order valence-electron chi connectivity index (χ2n) is 4.38. The molecule has 1 saturated heterocycles. The van der Waals surface area contributed by atoms with Crippen LogP contribution in [0.4, 0.5) is 0 Å². The van der Waals surface area contributed by atoms with Gasteiger partial charge < -0.3 is 10.0 Å². The molecular weight excluding hydrogens is 206 g/mol. The molecule has 2 rings (SSSR count). The molecule has 0 aromatic rings. The Balaban J connectivity index is 0.000000606. The molecule has 1 spiro atoms. The molecule has 1 N–H and O–H groups in total. The zero-order valence-electron chi connectivity index (χ0n) is 9.74. The second kappa shape index (κ2) is 4.78. The first kappa shape index (κ1) is 12.9. The summed E-state index contributed by atoms with van der Waals surface area (Å²) in [6, 6.07) is 0. The van der Waals surface area contributed by atoms with Gasteiger partial charge in [0.05, 0.1) is 0 Å². The zero-order valence-corrected chi connectivity index (χ0v) is 9.74. The number of nitrogens with zero attached hydrogens (tertiary/aromatic N) is 1. The molecule has 1 aliphatic carbocycles. The van der Waals surface area contributed by atoms with Crippen molar-refractivity contribution in [1.82, 2.24) is 4.90 Å². The molecule has 0 aromatic carbocycles. The molecule has 1 amide bonds. The number of carbonyl (C=O) groups excluding carboxylic acids is 2. The van der Waals surface area contributed by atoms with Gasteiger partial charge in [-0.25, -0.2) is 0 Å². The molecule has 0 aromatic heterocycles. The predicted octanol–water partition coefficient (Wildman–Crippen LogP) is 0.893. The average molecular weight is 225 g/mol. The summed E-state index contributed by atoms with van der Waals surface area (Å²) in [6.07, 6.45) is 2.16. The molecule has 0 radical (unpaired) electrons. The van der Waals surface area contributed by atoms with Crippen molar-refractivity contribution < 1.29 is 14.7 Å². The number of Topliss-reactive ketones (excluding diaryl/α,β-unsaturated/α-hetero) is 1. The summed E-state index contributed by atoms with van der Waals surface area (Å²) in [7, 11) is 1.73. The topological polar surface area (TPSA) is 57.6 Å². The molecule has 90 valence electrons. The fourth-order valence-electron chi connectivity index (χ4n) is 2.58. The van der Waals surface area contributed by atoms with Gasteiger partial charge in [0, 0.05) is 31.8 Å². The summed E-state index contributed by atoms with van der Waals surface area (Å²) in [6.45, 7) is 6.00. The molecule has 4 nitrogen and oxygen atoms in total. The van der Waals surface area contributed by atoms with E-state index in [-0.39, 0.29) is 17.2 Å². The van der Waals surface area contributed by atoms with Crippen LogP contribution in [0.5, 0.6) is 0 Å². The van der Waals surface area contributed by atoms with Crippen LogP contribution in [0.3, 0.4) is 0 Å². The van der Waals surface area contributed by atoms with Crippen LogP contribution in [0.15, 0.2) is 13.2 Å². The van der Waals surface area contributed by atoms with Crippen LogP contribution in [0.2, 0.25) is 0 Å². The molecule has 16 heavy (non-hydrogen) atoms. The third-order valence-corrected chi connectivity index (χ3v) is 3.64. The Hall–Kier alpha value is -1.16. The van der Waals surface area contributed by atoms with Crippen LogP contribution >= 0.6 is 0 Å². The Morgan fingerprint density at radius 2 is 1.81 bits per heavy atom. The molecule has 1 unspecified atom stereocenters. The predicted molar refractivity (Wildman–Crippen MR) is 60.9 cm³/mol. The van der Waals surface area contributed by atoms with Crippen LogP contribution in [0.1, 0.15) is 32.1 Å². The highest BCUT2D eigenvalue weighted by Crippen LogP contribution is 2.40. The van der Waals surface area contributed by atoms with Crippen LogP contribution in [-0.4, -0.2) is 40.4 Å². The quantitative estimate of drug-likeness (QED) is 0.623. The molecule has 1 saturated carbocycles. The molecule has 1 aliphatic heterocycles. The van der Waals surface area contributed by atoms with Crippen LogP contribution in [0.25, 0.3) is 0 Å². The van der Waals surface area contributed by atoms with E-state index >= 15 is 0 Å². The highest BCUT2D eigenvalue weighted by atomic mass is 16.3. The lowest BCUT2D eigenvalue weighted by Gasteiger charge is -2.38. The van der Waals surface area contributed by atoms with E-state index < -0.39 is 6.10 Å². The van der Waals surface area contributed by atoms with Crippen molar-refractivity contribution >= 4 is 11.7 Å². The summed E-state index contributed by atoms with van der Waals surface area (Å²) in [5.74, 6) is 0.0808. The number of aliphatic hydroxyl groups is 1. The number of hydrogen-bond acceptors (Lipinski definition) is 3. The normalized spacial score (nSPS) is 27.9. The maximum absolute atomic E-state index is 11.5. The summed E-state index contributed by atoms with van der Waals surface area (Å²) < 4.78 is 0. The molecule has 2 aliphatic rings. The van der Waals surface area contributed by atoms with Gasteiger partial charge in [-0.2, -0.15) is 0 Å². The summed E-state index contributed by atoms with van der Waals surface area (Å²) in [4.78, 5) is 24.2. The first-order chi connectivity index (χ1) is 7.55. The monoisotopic (exact) mass is 225 g/mol. The summed E-state index contributed by atoms with van der Waals surface area (Å²) >= 11 is 0. The number of likely N-dealkylation sites (tertiary alicyclic amines) is 1. The fraction of sp³-hybridized carbons (Fsp3) is 0.667. The lowest BCUT2D eigenvalue weighted by molar-refractivity contribution is -0.137. The van der Waals surface area contributed by atoms with E-state index in [0.29, 0.717) is 32.1 Å². The third kappa shape index (κ3) is 2.02. The van der Waals surface area contributed by atoms with Gasteiger partial charge >= 0.3 is 0 Å². The lowest BCUT2D eigenvalue weighted by Crippen LogP contribution is -2.45. The third-order valence-electron chi connectivity index (χ3n) is 3.64. The van der Waals surface area contributed by atoms with Crippen LogP contribution in [-0.2, 0) is 9.59 Å². The SMILES string of the molecule is C=C.CN1C(=O)C(O)CC12CCC(=O)CC2. The van der Waals surface area contributed by atoms with Gasteiger partial charge in [-0.05, 0) is 12.8 Å². The number of ketones is 1.